The SMILES string of the molecule is Cc1ccoc1-c1nc2ccc(-c3ccc(Cl)cc3)cc2c(=O)n1CC1CCCNC1. The predicted octanol–water partition coefficient (Wildman–Crippen LogP) is 5.28. The number of fused-ring (bicyclic) bond motifs is 1. The fourth-order valence-corrected chi connectivity index (χ4v) is 4.45. The first kappa shape index (κ1) is 20.0. The molecule has 3 heterocycles. The molecule has 0 radical (unpaired) electrons. The molecule has 5 rings (SSSR count). The van der Waals surface area contributed by atoms with E-state index in [0.29, 0.717) is 40.0 Å². The Morgan fingerprint density at radius 2 is 1.97 bits per heavy atom. The number of hydrogen-bond acceptors (Lipinski definition) is 4. The van der Waals surface area contributed by atoms with Gasteiger partial charge in [-0.05, 0) is 85.8 Å². The van der Waals surface area contributed by atoms with Gasteiger partial charge in [0.15, 0.2) is 11.6 Å². The van der Waals surface area contributed by atoms with Crippen molar-refractivity contribution in [2.75, 3.05) is 13.1 Å². The molecule has 31 heavy (non-hydrogen) atoms. The van der Waals surface area contributed by atoms with Crippen molar-refractivity contribution in [3.63, 3.8) is 0 Å². The largest absolute Gasteiger partial charge is 0.461 e. The molecule has 2 aromatic heterocycles. The van der Waals surface area contributed by atoms with Crippen molar-refractivity contribution in [2.24, 2.45) is 5.92 Å². The van der Waals surface area contributed by atoms with Crippen LogP contribution >= 0.6 is 11.6 Å². The van der Waals surface area contributed by atoms with Gasteiger partial charge < -0.3 is 9.73 Å². The van der Waals surface area contributed by atoms with Crippen LogP contribution in [0.25, 0.3) is 33.6 Å². The predicted molar refractivity (Wildman–Crippen MR) is 124 cm³/mol. The molecule has 0 amide bonds. The van der Waals surface area contributed by atoms with Gasteiger partial charge in [0.2, 0.25) is 0 Å². The second kappa shape index (κ2) is 8.33. The maximum Gasteiger partial charge on any atom is 0.261 e. The Morgan fingerprint density at radius 3 is 2.68 bits per heavy atom. The van der Waals surface area contributed by atoms with Crippen molar-refractivity contribution in [1.29, 1.82) is 0 Å². The van der Waals surface area contributed by atoms with E-state index in [9.17, 15) is 4.79 Å². The van der Waals surface area contributed by atoms with Gasteiger partial charge in [0.05, 0.1) is 17.2 Å². The second-order valence-electron chi connectivity index (χ2n) is 8.24. The number of piperidine rings is 1. The van der Waals surface area contributed by atoms with E-state index in [2.05, 4.69) is 5.32 Å². The van der Waals surface area contributed by atoms with Gasteiger partial charge in [-0.15, -0.1) is 0 Å². The highest BCUT2D eigenvalue weighted by Crippen LogP contribution is 2.28. The summed E-state index contributed by atoms with van der Waals surface area (Å²) in [5.41, 5.74) is 3.60. The van der Waals surface area contributed by atoms with Gasteiger partial charge in [0, 0.05) is 11.6 Å². The van der Waals surface area contributed by atoms with E-state index in [1.165, 1.54) is 0 Å². The van der Waals surface area contributed by atoms with E-state index in [0.717, 1.165) is 42.6 Å². The quantitative estimate of drug-likeness (QED) is 0.475. The molecule has 1 aliphatic rings. The fourth-order valence-electron chi connectivity index (χ4n) is 4.33. The second-order valence-corrected chi connectivity index (χ2v) is 8.67. The minimum atomic E-state index is -0.0304. The smallest absolute Gasteiger partial charge is 0.261 e. The third-order valence-electron chi connectivity index (χ3n) is 6.04. The van der Waals surface area contributed by atoms with Crippen LogP contribution in [0.5, 0.6) is 0 Å². The third kappa shape index (κ3) is 3.91. The van der Waals surface area contributed by atoms with Crippen molar-refractivity contribution < 1.29 is 4.42 Å². The molecule has 6 heteroatoms. The Hall–Kier alpha value is -2.89. The maximum atomic E-state index is 13.7. The summed E-state index contributed by atoms with van der Waals surface area (Å²) in [6.45, 7) is 4.54. The summed E-state index contributed by atoms with van der Waals surface area (Å²) < 4.78 is 7.54. The summed E-state index contributed by atoms with van der Waals surface area (Å²) >= 11 is 6.03. The number of nitrogens with zero attached hydrogens (tertiary/aromatic N) is 2. The summed E-state index contributed by atoms with van der Waals surface area (Å²) in [5.74, 6) is 1.65. The summed E-state index contributed by atoms with van der Waals surface area (Å²) in [6, 6.07) is 15.4. The Morgan fingerprint density at radius 1 is 1.16 bits per heavy atom. The van der Waals surface area contributed by atoms with Gasteiger partial charge >= 0.3 is 0 Å². The molecule has 1 saturated heterocycles. The lowest BCUT2D eigenvalue weighted by molar-refractivity contribution is 0.333. The van der Waals surface area contributed by atoms with Crippen LogP contribution in [0.4, 0.5) is 0 Å². The van der Waals surface area contributed by atoms with Crippen molar-refractivity contribution in [1.82, 2.24) is 14.9 Å². The zero-order valence-corrected chi connectivity index (χ0v) is 18.2. The molecule has 158 valence electrons. The van der Waals surface area contributed by atoms with Gasteiger partial charge in [0.25, 0.3) is 5.56 Å². The first-order valence-electron chi connectivity index (χ1n) is 10.7. The average Bonchev–Trinajstić information content (AvgIpc) is 3.22. The van der Waals surface area contributed by atoms with Gasteiger partial charge in [-0.1, -0.05) is 29.8 Å². The van der Waals surface area contributed by atoms with Crippen molar-refractivity contribution >= 4 is 22.5 Å². The average molecular weight is 434 g/mol. The van der Waals surface area contributed by atoms with Crippen LogP contribution < -0.4 is 10.9 Å². The first-order valence-corrected chi connectivity index (χ1v) is 11.0. The fraction of sp³-hybridized carbons (Fsp3) is 0.280. The van der Waals surface area contributed by atoms with E-state index in [1.54, 1.807) is 10.8 Å². The van der Waals surface area contributed by atoms with Crippen LogP contribution in [0.3, 0.4) is 0 Å². The van der Waals surface area contributed by atoms with Crippen LogP contribution in [-0.4, -0.2) is 22.6 Å². The van der Waals surface area contributed by atoms with Crippen LogP contribution in [-0.2, 0) is 6.54 Å². The minimum absolute atomic E-state index is 0.0304. The van der Waals surface area contributed by atoms with Gasteiger partial charge in [0.1, 0.15) is 0 Å². The number of aromatic nitrogens is 2. The molecule has 0 saturated carbocycles. The van der Waals surface area contributed by atoms with E-state index in [4.69, 9.17) is 21.0 Å². The third-order valence-corrected chi connectivity index (χ3v) is 6.29. The van der Waals surface area contributed by atoms with Crippen molar-refractivity contribution in [3.05, 3.63) is 75.7 Å². The topological polar surface area (TPSA) is 60.1 Å². The summed E-state index contributed by atoms with van der Waals surface area (Å²) in [5, 5.41) is 4.75. The molecule has 0 aliphatic carbocycles. The molecule has 1 fully saturated rings. The summed E-state index contributed by atoms with van der Waals surface area (Å²) in [6.07, 6.45) is 3.87. The van der Waals surface area contributed by atoms with Crippen molar-refractivity contribution in [3.8, 4) is 22.7 Å². The molecule has 0 spiro atoms. The van der Waals surface area contributed by atoms with Crippen molar-refractivity contribution in [2.45, 2.75) is 26.3 Å². The zero-order valence-electron chi connectivity index (χ0n) is 17.4. The molecule has 2 aromatic carbocycles. The Labute approximate surface area is 185 Å². The first-order chi connectivity index (χ1) is 15.1. The molecule has 0 bridgehead atoms. The number of hydrogen-bond donors (Lipinski definition) is 1. The van der Waals surface area contributed by atoms with Crippen LogP contribution in [0, 0.1) is 12.8 Å². The summed E-state index contributed by atoms with van der Waals surface area (Å²) in [4.78, 5) is 18.6. The van der Waals surface area contributed by atoms with Gasteiger partial charge in [-0.2, -0.15) is 0 Å². The molecule has 1 aliphatic heterocycles. The lowest BCUT2D eigenvalue weighted by Gasteiger charge is -2.24. The maximum absolute atomic E-state index is 13.7. The number of rotatable bonds is 4. The van der Waals surface area contributed by atoms with E-state index < -0.39 is 0 Å². The Kier molecular flexibility index (Phi) is 5.38. The number of aryl methyl sites for hydroxylation is 1. The lowest BCUT2D eigenvalue weighted by Crippen LogP contribution is -2.35. The number of furan rings is 1. The molecular formula is C25H24ClN3O2. The summed E-state index contributed by atoms with van der Waals surface area (Å²) in [7, 11) is 0. The Bertz CT molecular complexity index is 1280. The normalized spacial score (nSPS) is 16.6. The molecule has 4 aromatic rings. The van der Waals surface area contributed by atoms with Crippen LogP contribution in [0.15, 0.2) is 64.0 Å². The van der Waals surface area contributed by atoms with E-state index in [1.807, 2.05) is 55.5 Å². The molecule has 1 unspecified atom stereocenters. The zero-order chi connectivity index (χ0) is 21.4. The van der Waals surface area contributed by atoms with Crippen LogP contribution in [0.2, 0.25) is 5.02 Å². The highest BCUT2D eigenvalue weighted by Gasteiger charge is 2.21. The lowest BCUT2D eigenvalue weighted by atomic mass is 9.99. The standard InChI is InChI=1S/C25H24ClN3O2/c1-16-10-12-31-23(16)24-28-22-9-6-19(18-4-7-20(26)8-5-18)13-21(22)25(30)29(24)15-17-3-2-11-27-14-17/h4-10,12-13,17,27H,2-3,11,14-15H2,1H3. The van der Waals surface area contributed by atoms with Crippen LogP contribution in [0.1, 0.15) is 18.4 Å². The minimum Gasteiger partial charge on any atom is -0.461 e. The molecular weight excluding hydrogens is 410 g/mol. The highest BCUT2D eigenvalue weighted by molar-refractivity contribution is 6.30. The monoisotopic (exact) mass is 433 g/mol. The number of nitrogens with one attached hydrogen (secondary N) is 1. The van der Waals surface area contributed by atoms with Gasteiger partial charge in [-0.3, -0.25) is 9.36 Å². The Balaban J connectivity index is 1.67. The number of halogens is 1. The van der Waals surface area contributed by atoms with E-state index >= 15 is 0 Å². The van der Waals surface area contributed by atoms with E-state index in [-0.39, 0.29) is 5.56 Å². The molecule has 1 N–H and O–H groups in total. The molecule has 5 nitrogen and oxygen atoms in total. The van der Waals surface area contributed by atoms with Gasteiger partial charge in [-0.25, -0.2) is 4.98 Å². The molecule has 1 atom stereocenters. The number of benzene rings is 2. The highest BCUT2D eigenvalue weighted by atomic mass is 35.5.